The van der Waals surface area contributed by atoms with Crippen LogP contribution >= 0.6 is 0 Å². The molecule has 4 heterocycles. The van der Waals surface area contributed by atoms with Gasteiger partial charge in [0.1, 0.15) is 23.7 Å². The summed E-state index contributed by atoms with van der Waals surface area (Å²) in [5, 5.41) is 7.82. The number of carbonyl (C=O) groups is 4. The number of piperidine rings is 2. The Morgan fingerprint density at radius 2 is 1.00 bits per heavy atom. The topological polar surface area (TPSA) is 175 Å². The average Bonchev–Trinajstić information content (AvgIpc) is 4.23. The number of alkyl carbamates (subject to hydrolysis) is 2. The summed E-state index contributed by atoms with van der Waals surface area (Å²) >= 11 is 0. The molecular weight excluding hydrogens is 785 g/mol. The van der Waals surface area contributed by atoms with Gasteiger partial charge in [0.2, 0.25) is 11.8 Å². The number of carbonyl (C=O) groups excluding carboxylic acids is 4. The molecule has 0 radical (unpaired) electrons. The number of hydrogen-bond donors (Lipinski definition) is 4. The molecule has 5 aromatic rings. The van der Waals surface area contributed by atoms with E-state index in [1.165, 1.54) is 14.2 Å². The predicted molar refractivity (Wildman–Crippen MR) is 234 cm³/mol. The molecule has 9 rings (SSSR count). The van der Waals surface area contributed by atoms with Gasteiger partial charge >= 0.3 is 12.2 Å². The Morgan fingerprint density at radius 1 is 0.581 bits per heavy atom. The molecule has 0 unspecified atom stereocenters. The molecule has 2 aromatic heterocycles. The Balaban J connectivity index is 0.883. The molecule has 4 amide bonds. The zero-order valence-corrected chi connectivity index (χ0v) is 35.9. The molecule has 62 heavy (non-hydrogen) atoms. The number of imidazole rings is 2. The Hall–Kier alpha value is -6.18. The summed E-state index contributed by atoms with van der Waals surface area (Å²) in [6.07, 6.45) is 9.73. The van der Waals surface area contributed by atoms with E-state index >= 15 is 0 Å². The number of ether oxygens (including phenoxy) is 2. The maximum absolute atomic E-state index is 13.9. The van der Waals surface area contributed by atoms with E-state index in [1.54, 1.807) is 0 Å². The molecule has 4 N–H and O–H groups in total. The fraction of sp³-hybridized carbons (Fsp3) is 0.458. The monoisotopic (exact) mass is 840 g/mol. The van der Waals surface area contributed by atoms with Crippen LogP contribution in [0.15, 0.2) is 73.1 Å². The number of nitrogens with zero attached hydrogens (tertiary/aromatic N) is 4. The summed E-state index contributed by atoms with van der Waals surface area (Å²) in [5.74, 6) is 2.34. The molecule has 4 aliphatic rings. The van der Waals surface area contributed by atoms with Gasteiger partial charge in [-0.2, -0.15) is 0 Å². The van der Waals surface area contributed by atoms with Crippen LogP contribution in [0.25, 0.3) is 44.4 Å². The molecule has 0 spiro atoms. The van der Waals surface area contributed by atoms with Crippen LogP contribution in [-0.4, -0.2) is 93.1 Å². The molecular formula is C48H56N8O6. The largest absolute Gasteiger partial charge is 0.453 e. The summed E-state index contributed by atoms with van der Waals surface area (Å²) in [5.41, 5.74) is 5.96. The third-order valence-corrected chi connectivity index (χ3v) is 13.3. The molecule has 2 aliphatic heterocycles. The normalized spacial score (nSPS) is 22.5. The molecule has 2 aliphatic carbocycles. The van der Waals surface area contributed by atoms with E-state index in [9.17, 15) is 19.2 Å². The number of aromatic amines is 2. The average molecular weight is 841 g/mol. The SMILES string of the molecule is COC(=O)N[C@H](C(=O)N1C[C@@H](C)CC[C@H]1c1ncc(-c2ccc(-c3ccc4cc(-c5cnc([C@@H]6CC[C@H](C)CN6C(=O)[C@@H](NC(=O)OC)C6CC6)[nH]5)ccc4c3)cc2)[nH]1)C1CC1. The number of methoxy groups -OCH3 is 2. The number of likely N-dealkylation sites (tertiary alicyclic amines) is 2. The fourth-order valence-electron chi connectivity index (χ4n) is 9.45. The maximum atomic E-state index is 13.9. The van der Waals surface area contributed by atoms with Crippen molar-refractivity contribution in [2.24, 2.45) is 23.7 Å². The molecule has 0 bridgehead atoms. The van der Waals surface area contributed by atoms with Gasteiger partial charge in [0.05, 0.1) is 50.1 Å². The van der Waals surface area contributed by atoms with Gasteiger partial charge in [0, 0.05) is 18.7 Å². The van der Waals surface area contributed by atoms with E-state index in [0.717, 1.165) is 107 Å². The number of amides is 4. The molecule has 6 atom stereocenters. The third-order valence-electron chi connectivity index (χ3n) is 13.3. The van der Waals surface area contributed by atoms with Crippen LogP contribution in [0, 0.1) is 23.7 Å². The Kier molecular flexibility index (Phi) is 11.5. The molecule has 4 fully saturated rings. The highest BCUT2D eigenvalue weighted by molar-refractivity contribution is 5.91. The van der Waals surface area contributed by atoms with Crippen molar-refractivity contribution in [1.29, 1.82) is 0 Å². The number of nitrogens with one attached hydrogen (secondary N) is 4. The van der Waals surface area contributed by atoms with Crippen LogP contribution in [0.1, 0.15) is 88.9 Å². The first kappa shape index (κ1) is 41.2. The van der Waals surface area contributed by atoms with Crippen molar-refractivity contribution in [1.82, 2.24) is 40.4 Å². The van der Waals surface area contributed by atoms with Crippen molar-refractivity contribution < 1.29 is 28.7 Å². The summed E-state index contributed by atoms with van der Waals surface area (Å²) in [7, 11) is 2.64. The summed E-state index contributed by atoms with van der Waals surface area (Å²) in [6, 6.07) is 19.7. The van der Waals surface area contributed by atoms with Crippen molar-refractivity contribution >= 4 is 34.8 Å². The molecule has 324 valence electrons. The van der Waals surface area contributed by atoms with Crippen LogP contribution in [0.4, 0.5) is 9.59 Å². The number of rotatable bonds is 11. The zero-order valence-electron chi connectivity index (χ0n) is 35.9. The van der Waals surface area contributed by atoms with Crippen molar-refractivity contribution in [3.05, 3.63) is 84.7 Å². The smallest absolute Gasteiger partial charge is 0.407 e. The van der Waals surface area contributed by atoms with E-state index in [4.69, 9.17) is 19.4 Å². The molecule has 14 heteroatoms. The number of aromatic nitrogens is 4. The van der Waals surface area contributed by atoms with E-state index in [2.05, 4.69) is 95.1 Å². The maximum Gasteiger partial charge on any atom is 0.407 e. The van der Waals surface area contributed by atoms with Crippen molar-refractivity contribution in [3.63, 3.8) is 0 Å². The first-order valence-corrected chi connectivity index (χ1v) is 22.1. The van der Waals surface area contributed by atoms with Gasteiger partial charge in [-0.05, 0) is 115 Å². The van der Waals surface area contributed by atoms with Crippen molar-refractivity contribution in [3.8, 4) is 33.6 Å². The lowest BCUT2D eigenvalue weighted by Crippen LogP contribution is -2.53. The summed E-state index contributed by atoms with van der Waals surface area (Å²) in [4.78, 5) is 72.6. The summed E-state index contributed by atoms with van der Waals surface area (Å²) < 4.78 is 9.69. The van der Waals surface area contributed by atoms with Crippen LogP contribution in [0.5, 0.6) is 0 Å². The standard InChI is InChI=1S/C48H56N8O6/c1-27-5-19-39(55(25-27)45(57)41(31-11-12-31)53-47(59)61-3)43-49-23-37(51-43)30-9-7-29(8-10-30)33-15-16-35-22-36(18-17-34(35)21-33)38-24-50-44(52-38)40-20-6-28(2)26-56(40)46(58)42(32-13-14-32)54-48(60)62-4/h7-10,15-18,21-24,27-28,31-32,39-42H,5-6,11-14,19-20,25-26H2,1-4H3,(H,49,51)(H,50,52)(H,53,59)(H,54,60)/t27-,28-,39-,40-,41-,42-/m0/s1. The Labute approximate surface area is 361 Å². The van der Waals surface area contributed by atoms with Gasteiger partial charge in [-0.25, -0.2) is 19.6 Å². The lowest BCUT2D eigenvalue weighted by molar-refractivity contribution is -0.139. The van der Waals surface area contributed by atoms with E-state index in [0.29, 0.717) is 24.9 Å². The van der Waals surface area contributed by atoms with Crippen LogP contribution in [0.3, 0.4) is 0 Å². The van der Waals surface area contributed by atoms with Crippen LogP contribution < -0.4 is 10.6 Å². The minimum Gasteiger partial charge on any atom is -0.453 e. The van der Waals surface area contributed by atoms with E-state index in [-0.39, 0.29) is 35.7 Å². The molecule has 2 saturated heterocycles. The second kappa shape index (κ2) is 17.3. The number of benzene rings is 3. The fourth-order valence-corrected chi connectivity index (χ4v) is 9.45. The van der Waals surface area contributed by atoms with E-state index < -0.39 is 24.3 Å². The lowest BCUT2D eigenvalue weighted by atomic mass is 9.92. The zero-order chi connectivity index (χ0) is 43.1. The second-order valence-electron chi connectivity index (χ2n) is 18.0. The molecule has 14 nitrogen and oxygen atoms in total. The minimum atomic E-state index is -0.593. The van der Waals surface area contributed by atoms with Gasteiger partial charge in [0.15, 0.2) is 0 Å². The summed E-state index contributed by atoms with van der Waals surface area (Å²) in [6.45, 7) is 5.54. The number of H-pyrrole nitrogens is 2. The molecule has 2 saturated carbocycles. The highest BCUT2D eigenvalue weighted by Crippen LogP contribution is 2.40. The number of fused-ring (bicyclic) bond motifs is 1. The van der Waals surface area contributed by atoms with Gasteiger partial charge in [0.25, 0.3) is 0 Å². The highest BCUT2D eigenvalue weighted by atomic mass is 16.5. The Morgan fingerprint density at radius 3 is 1.47 bits per heavy atom. The van der Waals surface area contributed by atoms with Gasteiger partial charge in [-0.1, -0.05) is 62.4 Å². The molecule has 3 aromatic carbocycles. The van der Waals surface area contributed by atoms with E-state index in [1.807, 2.05) is 22.2 Å². The number of hydrogen-bond acceptors (Lipinski definition) is 8. The predicted octanol–water partition coefficient (Wildman–Crippen LogP) is 8.16. The quantitative estimate of drug-likeness (QED) is 0.103. The van der Waals surface area contributed by atoms with Gasteiger partial charge in [-0.15, -0.1) is 0 Å². The Bertz CT molecular complexity index is 2450. The second-order valence-corrected chi connectivity index (χ2v) is 18.0. The van der Waals surface area contributed by atoms with Crippen LogP contribution in [-0.2, 0) is 19.1 Å². The van der Waals surface area contributed by atoms with Crippen LogP contribution in [0.2, 0.25) is 0 Å². The first-order chi connectivity index (χ1) is 30.1. The third kappa shape index (κ3) is 8.64. The van der Waals surface area contributed by atoms with Crippen molar-refractivity contribution in [2.75, 3.05) is 27.3 Å². The first-order valence-electron chi connectivity index (χ1n) is 22.1. The van der Waals surface area contributed by atoms with Crippen molar-refractivity contribution in [2.45, 2.75) is 89.4 Å². The lowest BCUT2D eigenvalue weighted by Gasteiger charge is -2.39. The highest BCUT2D eigenvalue weighted by Gasteiger charge is 2.45. The van der Waals surface area contributed by atoms with Gasteiger partial charge < -0.3 is 39.9 Å². The van der Waals surface area contributed by atoms with Gasteiger partial charge in [-0.3, -0.25) is 9.59 Å². The minimum absolute atomic E-state index is 0.0698.